The number of benzene rings is 1. The van der Waals surface area contributed by atoms with Gasteiger partial charge in [0.15, 0.2) is 0 Å². The minimum absolute atomic E-state index is 0.246. The maximum Gasteiger partial charge on any atom is 0.407 e. The molecule has 1 aliphatic rings. The number of carboxylic acid groups (broad SMARTS) is 1. The Balaban J connectivity index is 2.21. The molecule has 15 nitrogen and oxygen atoms in total. The molecule has 52 heavy (non-hydrogen) atoms. The van der Waals surface area contributed by atoms with Gasteiger partial charge in [-0.2, -0.15) is 0 Å². The van der Waals surface area contributed by atoms with Crippen molar-refractivity contribution in [2.45, 2.75) is 85.7 Å². The van der Waals surface area contributed by atoms with Gasteiger partial charge in [0.25, 0.3) is 0 Å². The fourth-order valence-electron chi connectivity index (χ4n) is 5.31. The summed E-state index contributed by atoms with van der Waals surface area (Å²) >= 11 is 0. The van der Waals surface area contributed by atoms with Gasteiger partial charge in [0, 0.05) is 98.2 Å². The van der Waals surface area contributed by atoms with Crippen LogP contribution in [-0.2, 0) is 20.8 Å². The highest BCUT2D eigenvalue weighted by Crippen LogP contribution is 2.11. The fraction of sp³-hybridized carbons (Fsp3) is 0.730. The molecular formula is C37H65N7O8. The maximum atomic E-state index is 12.4. The van der Waals surface area contributed by atoms with Crippen molar-refractivity contribution in [2.75, 3.05) is 91.6 Å². The Morgan fingerprint density at radius 1 is 0.538 bits per heavy atom. The molecule has 1 heterocycles. The van der Waals surface area contributed by atoms with E-state index >= 15 is 0 Å². The Labute approximate surface area is 310 Å². The van der Waals surface area contributed by atoms with E-state index in [4.69, 9.17) is 14.2 Å². The van der Waals surface area contributed by atoms with Crippen LogP contribution in [0.25, 0.3) is 0 Å². The molecule has 0 aromatic heterocycles. The number of hydrogen-bond donors (Lipinski definition) is 4. The summed E-state index contributed by atoms with van der Waals surface area (Å²) in [6.07, 6.45) is -1.36. The SMILES string of the molecule is CC(C)(C)OC(=O)NCCN1CCN(CCNC(=O)OC(C)(C)C)CCN(Cc2ccc(C(=O)O)cc2)CCN(CCNC(=O)OC(C)(C)C)CC1. The van der Waals surface area contributed by atoms with E-state index in [2.05, 4.69) is 35.6 Å². The second-order valence-electron chi connectivity index (χ2n) is 16.1. The van der Waals surface area contributed by atoms with Gasteiger partial charge in [0.1, 0.15) is 16.8 Å². The van der Waals surface area contributed by atoms with Crippen molar-refractivity contribution in [1.29, 1.82) is 0 Å². The Kier molecular flexibility index (Phi) is 18.1. The van der Waals surface area contributed by atoms with E-state index in [1.165, 1.54) is 0 Å². The summed E-state index contributed by atoms with van der Waals surface area (Å²) in [6, 6.07) is 6.97. The molecular weight excluding hydrogens is 670 g/mol. The Morgan fingerprint density at radius 2 is 0.827 bits per heavy atom. The van der Waals surface area contributed by atoms with Crippen LogP contribution in [0.15, 0.2) is 24.3 Å². The van der Waals surface area contributed by atoms with Crippen LogP contribution in [0.1, 0.15) is 78.2 Å². The first kappa shape index (κ1) is 44.5. The van der Waals surface area contributed by atoms with Gasteiger partial charge in [-0.1, -0.05) is 12.1 Å². The van der Waals surface area contributed by atoms with E-state index in [1.54, 1.807) is 12.1 Å². The van der Waals surface area contributed by atoms with Gasteiger partial charge >= 0.3 is 24.2 Å². The summed E-state index contributed by atoms with van der Waals surface area (Å²) in [6.45, 7) is 26.1. The third-order valence-corrected chi connectivity index (χ3v) is 7.83. The molecule has 0 unspecified atom stereocenters. The molecule has 0 aliphatic carbocycles. The summed E-state index contributed by atoms with van der Waals surface area (Å²) in [4.78, 5) is 57.8. The molecule has 0 spiro atoms. The molecule has 0 saturated carbocycles. The van der Waals surface area contributed by atoms with E-state index in [-0.39, 0.29) is 5.56 Å². The van der Waals surface area contributed by atoms with Crippen LogP contribution in [0.3, 0.4) is 0 Å². The van der Waals surface area contributed by atoms with Crippen molar-refractivity contribution in [3.05, 3.63) is 35.4 Å². The lowest BCUT2D eigenvalue weighted by Gasteiger charge is -2.34. The van der Waals surface area contributed by atoms with Crippen LogP contribution in [0.2, 0.25) is 0 Å². The number of nitrogens with zero attached hydrogens (tertiary/aromatic N) is 4. The van der Waals surface area contributed by atoms with Crippen molar-refractivity contribution in [3.8, 4) is 0 Å². The Morgan fingerprint density at radius 3 is 1.10 bits per heavy atom. The van der Waals surface area contributed by atoms with Crippen molar-refractivity contribution in [1.82, 2.24) is 35.6 Å². The number of aromatic carboxylic acids is 1. The molecule has 1 aliphatic heterocycles. The zero-order chi connectivity index (χ0) is 39.0. The summed E-state index contributed by atoms with van der Waals surface area (Å²) in [5.41, 5.74) is -0.509. The van der Waals surface area contributed by atoms with Crippen LogP contribution in [0, 0.1) is 0 Å². The largest absolute Gasteiger partial charge is 0.478 e. The average Bonchev–Trinajstić information content (AvgIpc) is 2.99. The fourth-order valence-corrected chi connectivity index (χ4v) is 5.31. The quantitative estimate of drug-likeness (QED) is 0.231. The lowest BCUT2D eigenvalue weighted by Crippen LogP contribution is -2.49. The molecule has 15 heteroatoms. The minimum Gasteiger partial charge on any atom is -0.478 e. The summed E-state index contributed by atoms with van der Waals surface area (Å²) < 4.78 is 16.3. The predicted octanol–water partition coefficient (Wildman–Crippen LogP) is 3.68. The number of carbonyl (C=O) groups excluding carboxylic acids is 3. The van der Waals surface area contributed by atoms with E-state index in [0.717, 1.165) is 57.9 Å². The zero-order valence-corrected chi connectivity index (χ0v) is 33.0. The number of hydrogen-bond acceptors (Lipinski definition) is 11. The monoisotopic (exact) mass is 735 g/mol. The van der Waals surface area contributed by atoms with Crippen molar-refractivity contribution in [2.24, 2.45) is 0 Å². The highest BCUT2D eigenvalue weighted by Gasteiger charge is 2.21. The van der Waals surface area contributed by atoms with Crippen LogP contribution < -0.4 is 16.0 Å². The van der Waals surface area contributed by atoms with Gasteiger partial charge < -0.3 is 35.3 Å². The number of ether oxygens (including phenoxy) is 3. The van der Waals surface area contributed by atoms with E-state index in [0.29, 0.717) is 45.8 Å². The van der Waals surface area contributed by atoms with E-state index < -0.39 is 41.1 Å². The molecule has 4 N–H and O–H groups in total. The summed E-state index contributed by atoms with van der Waals surface area (Å²) in [5, 5.41) is 18.0. The number of carbonyl (C=O) groups is 4. The highest BCUT2D eigenvalue weighted by molar-refractivity contribution is 5.87. The molecule has 1 saturated heterocycles. The van der Waals surface area contributed by atoms with Gasteiger partial charge in [-0.15, -0.1) is 0 Å². The predicted molar refractivity (Wildman–Crippen MR) is 201 cm³/mol. The lowest BCUT2D eigenvalue weighted by molar-refractivity contribution is 0.0500. The van der Waals surface area contributed by atoms with E-state index in [9.17, 15) is 24.3 Å². The third kappa shape index (κ3) is 21.0. The lowest BCUT2D eigenvalue weighted by atomic mass is 10.1. The van der Waals surface area contributed by atoms with Crippen LogP contribution in [0.4, 0.5) is 14.4 Å². The molecule has 3 amide bonds. The second kappa shape index (κ2) is 21.1. The third-order valence-electron chi connectivity index (χ3n) is 7.83. The minimum atomic E-state index is -0.959. The molecule has 0 radical (unpaired) electrons. The van der Waals surface area contributed by atoms with Gasteiger partial charge in [-0.25, -0.2) is 19.2 Å². The van der Waals surface area contributed by atoms with E-state index in [1.807, 2.05) is 74.4 Å². The highest BCUT2D eigenvalue weighted by atomic mass is 16.6. The number of amides is 3. The van der Waals surface area contributed by atoms with Gasteiger partial charge in [0.05, 0.1) is 5.56 Å². The maximum absolute atomic E-state index is 12.4. The van der Waals surface area contributed by atoms with Crippen LogP contribution in [-0.4, -0.2) is 157 Å². The molecule has 1 aromatic rings. The molecule has 0 atom stereocenters. The molecule has 1 fully saturated rings. The first-order valence-electron chi connectivity index (χ1n) is 18.3. The summed E-state index contributed by atoms with van der Waals surface area (Å²) in [5.74, 6) is -0.959. The normalized spacial score (nSPS) is 16.6. The first-order chi connectivity index (χ1) is 24.2. The van der Waals surface area contributed by atoms with Crippen LogP contribution in [0.5, 0.6) is 0 Å². The molecule has 296 valence electrons. The Bertz CT molecular complexity index is 1210. The van der Waals surface area contributed by atoms with Crippen molar-refractivity contribution in [3.63, 3.8) is 0 Å². The number of rotatable bonds is 12. The summed E-state index contributed by atoms with van der Waals surface area (Å²) in [7, 11) is 0. The first-order valence-corrected chi connectivity index (χ1v) is 18.3. The molecule has 0 bridgehead atoms. The van der Waals surface area contributed by atoms with Crippen molar-refractivity contribution >= 4 is 24.2 Å². The number of carboxylic acids is 1. The Hall–Kier alpha value is -3.66. The second-order valence-corrected chi connectivity index (χ2v) is 16.1. The van der Waals surface area contributed by atoms with Crippen molar-refractivity contribution < 1.29 is 38.5 Å². The average molecular weight is 736 g/mol. The number of nitrogens with one attached hydrogen (secondary N) is 3. The molecule has 2 rings (SSSR count). The smallest absolute Gasteiger partial charge is 0.407 e. The van der Waals surface area contributed by atoms with Crippen LogP contribution >= 0.6 is 0 Å². The molecule has 1 aromatic carbocycles. The van der Waals surface area contributed by atoms with Gasteiger partial charge in [0.2, 0.25) is 0 Å². The van der Waals surface area contributed by atoms with Gasteiger partial charge in [-0.05, 0) is 80.0 Å². The van der Waals surface area contributed by atoms with Gasteiger partial charge in [-0.3, -0.25) is 19.6 Å². The topological polar surface area (TPSA) is 165 Å². The number of alkyl carbamates (subject to hydrolysis) is 3. The zero-order valence-electron chi connectivity index (χ0n) is 33.0. The standard InChI is InChI=1S/C37H65N7O8/c1-35(2,3)50-32(47)38-14-17-41-20-22-42(18-15-39-33(48)51-36(4,5)6)24-26-44(28-29-10-12-30(13-11-29)31(45)46)27-25-43(23-21-41)19-16-40-34(49)52-37(7,8)9/h10-13H,14-28H2,1-9H3,(H,38,47)(H,39,48)(H,40,49)(H,45,46).